The number of nitrogens with zero attached hydrogens (tertiary/aromatic N) is 3. The molecule has 6 heteroatoms. The van der Waals surface area contributed by atoms with Crippen LogP contribution in [0.4, 0.5) is 0 Å². The van der Waals surface area contributed by atoms with E-state index >= 15 is 0 Å². The summed E-state index contributed by atoms with van der Waals surface area (Å²) >= 11 is 1.51. The average molecular weight is 347 g/mol. The summed E-state index contributed by atoms with van der Waals surface area (Å²) in [7, 11) is 0. The molecule has 3 fully saturated rings. The Balaban J connectivity index is 1.43. The lowest BCUT2D eigenvalue weighted by Gasteiger charge is -2.27. The van der Waals surface area contributed by atoms with E-state index in [9.17, 15) is 9.59 Å². The Hall–Kier alpha value is -1.40. The van der Waals surface area contributed by atoms with E-state index in [0.29, 0.717) is 6.42 Å². The molecule has 0 N–H and O–H groups in total. The maximum atomic E-state index is 12.9. The van der Waals surface area contributed by atoms with Crippen molar-refractivity contribution in [3.05, 3.63) is 21.9 Å². The number of thiophene rings is 1. The Kier molecular flexibility index (Phi) is 4.35. The van der Waals surface area contributed by atoms with Crippen LogP contribution in [0.3, 0.4) is 0 Å². The van der Waals surface area contributed by atoms with Crippen molar-refractivity contribution in [2.75, 3.05) is 32.7 Å². The number of amides is 2. The first-order valence-corrected chi connectivity index (χ1v) is 9.90. The zero-order chi connectivity index (χ0) is 16.7. The Morgan fingerprint density at radius 2 is 2.00 bits per heavy atom. The number of likely N-dealkylation sites (tertiary alicyclic amines) is 3. The maximum Gasteiger partial charge on any atom is 0.264 e. The van der Waals surface area contributed by atoms with Crippen LogP contribution in [-0.2, 0) is 4.79 Å². The van der Waals surface area contributed by atoms with Crippen LogP contribution in [0, 0.1) is 6.92 Å². The molecule has 3 saturated heterocycles. The highest BCUT2D eigenvalue weighted by Crippen LogP contribution is 2.34. The van der Waals surface area contributed by atoms with Crippen molar-refractivity contribution in [3.63, 3.8) is 0 Å². The van der Waals surface area contributed by atoms with E-state index in [1.807, 2.05) is 23.3 Å². The zero-order valence-corrected chi connectivity index (χ0v) is 15.1. The zero-order valence-electron chi connectivity index (χ0n) is 14.2. The molecule has 1 aromatic heterocycles. The Bertz CT molecular complexity index is 638. The van der Waals surface area contributed by atoms with Crippen molar-refractivity contribution in [1.29, 1.82) is 0 Å². The van der Waals surface area contributed by atoms with Gasteiger partial charge in [0.25, 0.3) is 5.91 Å². The molecule has 0 aliphatic carbocycles. The van der Waals surface area contributed by atoms with Gasteiger partial charge in [0.1, 0.15) is 0 Å². The highest BCUT2D eigenvalue weighted by atomic mass is 32.1. The molecule has 2 amide bonds. The molecule has 3 aliphatic heterocycles. The van der Waals surface area contributed by atoms with Crippen molar-refractivity contribution in [1.82, 2.24) is 14.7 Å². The second-order valence-corrected chi connectivity index (χ2v) is 8.11. The van der Waals surface area contributed by atoms with Gasteiger partial charge in [-0.05, 0) is 56.3 Å². The second-order valence-electron chi connectivity index (χ2n) is 7.19. The van der Waals surface area contributed by atoms with Gasteiger partial charge >= 0.3 is 0 Å². The Morgan fingerprint density at radius 1 is 1.21 bits per heavy atom. The molecule has 4 heterocycles. The summed E-state index contributed by atoms with van der Waals surface area (Å²) in [5.41, 5.74) is 1.05. The van der Waals surface area contributed by atoms with E-state index in [4.69, 9.17) is 0 Å². The van der Waals surface area contributed by atoms with E-state index in [1.165, 1.54) is 37.3 Å². The third kappa shape index (κ3) is 2.75. The van der Waals surface area contributed by atoms with Gasteiger partial charge in [-0.1, -0.05) is 0 Å². The molecule has 1 aromatic rings. The van der Waals surface area contributed by atoms with Crippen LogP contribution < -0.4 is 0 Å². The number of hydrogen-bond acceptors (Lipinski definition) is 4. The van der Waals surface area contributed by atoms with Gasteiger partial charge in [0.15, 0.2) is 0 Å². The minimum Gasteiger partial charge on any atom is -0.336 e. The van der Waals surface area contributed by atoms with E-state index < -0.39 is 0 Å². The Morgan fingerprint density at radius 3 is 2.71 bits per heavy atom. The molecular weight excluding hydrogens is 322 g/mol. The predicted molar refractivity (Wildman–Crippen MR) is 94.3 cm³/mol. The maximum absolute atomic E-state index is 12.9. The summed E-state index contributed by atoms with van der Waals surface area (Å²) in [4.78, 5) is 32.6. The molecule has 4 rings (SSSR count). The van der Waals surface area contributed by atoms with Gasteiger partial charge in [-0.2, -0.15) is 0 Å². The van der Waals surface area contributed by atoms with Gasteiger partial charge in [-0.15, -0.1) is 11.3 Å². The van der Waals surface area contributed by atoms with E-state index in [0.717, 1.165) is 36.5 Å². The molecule has 24 heavy (non-hydrogen) atoms. The molecule has 0 saturated carbocycles. The van der Waals surface area contributed by atoms with Crippen LogP contribution in [0.1, 0.15) is 40.9 Å². The van der Waals surface area contributed by atoms with E-state index in [2.05, 4.69) is 9.80 Å². The number of rotatable bonds is 4. The van der Waals surface area contributed by atoms with E-state index in [-0.39, 0.29) is 23.9 Å². The summed E-state index contributed by atoms with van der Waals surface area (Å²) in [6.45, 7) is 6.89. The SMILES string of the molecule is Cc1ccsc1C(=O)N1CC[C@@H]2[C@@H]1CC(=O)N2CCN1CCCC1. The third-order valence-corrected chi connectivity index (χ3v) is 6.79. The van der Waals surface area contributed by atoms with Crippen molar-refractivity contribution < 1.29 is 9.59 Å². The lowest BCUT2D eigenvalue weighted by molar-refractivity contribution is -0.129. The van der Waals surface area contributed by atoms with Gasteiger partial charge in [-0.25, -0.2) is 0 Å². The number of carbonyl (C=O) groups excluding carboxylic acids is 2. The number of fused-ring (bicyclic) bond motifs is 1. The van der Waals surface area contributed by atoms with Gasteiger partial charge in [0.2, 0.25) is 5.91 Å². The molecule has 3 aliphatic rings. The fourth-order valence-corrected chi connectivity index (χ4v) is 5.33. The number of hydrogen-bond donors (Lipinski definition) is 0. The van der Waals surface area contributed by atoms with Gasteiger partial charge < -0.3 is 14.7 Å². The van der Waals surface area contributed by atoms with Gasteiger partial charge in [0, 0.05) is 26.1 Å². The van der Waals surface area contributed by atoms with Crippen LogP contribution in [0.25, 0.3) is 0 Å². The van der Waals surface area contributed by atoms with Crippen LogP contribution in [0.5, 0.6) is 0 Å². The van der Waals surface area contributed by atoms with Crippen LogP contribution in [0.15, 0.2) is 11.4 Å². The second kappa shape index (κ2) is 6.48. The van der Waals surface area contributed by atoms with E-state index in [1.54, 1.807) is 0 Å². The van der Waals surface area contributed by atoms with Crippen molar-refractivity contribution in [2.45, 2.75) is 44.7 Å². The van der Waals surface area contributed by atoms with Crippen LogP contribution >= 0.6 is 11.3 Å². The molecular formula is C18H25N3O2S. The first-order chi connectivity index (χ1) is 11.6. The quantitative estimate of drug-likeness (QED) is 0.836. The van der Waals surface area contributed by atoms with Crippen molar-refractivity contribution in [2.24, 2.45) is 0 Å². The molecule has 0 radical (unpaired) electrons. The standard InChI is InChI=1S/C18H25N3O2S/c1-13-5-11-24-17(13)18(23)21-8-4-14-15(21)12-16(22)20(14)10-9-19-6-2-3-7-19/h5,11,14-15H,2-4,6-10,12H2,1H3/t14-,15+/m1/s1. The van der Waals surface area contributed by atoms with Gasteiger partial charge in [-0.3, -0.25) is 9.59 Å². The minimum atomic E-state index is 0.0741. The van der Waals surface area contributed by atoms with Gasteiger partial charge in [0.05, 0.1) is 17.0 Å². The largest absolute Gasteiger partial charge is 0.336 e. The molecule has 130 valence electrons. The summed E-state index contributed by atoms with van der Waals surface area (Å²) in [5.74, 6) is 0.341. The fourth-order valence-electron chi connectivity index (χ4n) is 4.45. The summed E-state index contributed by atoms with van der Waals surface area (Å²) in [5, 5.41) is 1.97. The Labute approximate surface area is 147 Å². The number of aryl methyl sites for hydroxylation is 1. The van der Waals surface area contributed by atoms with Crippen LogP contribution in [-0.4, -0.2) is 71.3 Å². The highest BCUT2D eigenvalue weighted by Gasteiger charge is 2.48. The normalized spacial score (nSPS) is 27.3. The molecule has 2 atom stereocenters. The first-order valence-electron chi connectivity index (χ1n) is 9.02. The predicted octanol–water partition coefficient (Wildman–Crippen LogP) is 1.97. The molecule has 5 nitrogen and oxygen atoms in total. The first kappa shape index (κ1) is 16.1. The average Bonchev–Trinajstić information content (AvgIpc) is 3.30. The van der Waals surface area contributed by atoms with Crippen molar-refractivity contribution >= 4 is 23.2 Å². The summed E-state index contributed by atoms with van der Waals surface area (Å²) < 4.78 is 0. The highest BCUT2D eigenvalue weighted by molar-refractivity contribution is 7.12. The lowest BCUT2D eigenvalue weighted by Crippen LogP contribution is -2.42. The lowest BCUT2D eigenvalue weighted by atomic mass is 10.1. The topological polar surface area (TPSA) is 43.9 Å². The molecule has 0 aromatic carbocycles. The molecule has 0 unspecified atom stereocenters. The molecule has 0 spiro atoms. The number of carbonyl (C=O) groups is 2. The fraction of sp³-hybridized carbons (Fsp3) is 0.667. The van der Waals surface area contributed by atoms with Crippen molar-refractivity contribution in [3.8, 4) is 0 Å². The minimum absolute atomic E-state index is 0.0741. The summed E-state index contributed by atoms with van der Waals surface area (Å²) in [6, 6.07) is 2.29. The monoisotopic (exact) mass is 347 g/mol. The smallest absolute Gasteiger partial charge is 0.264 e. The summed E-state index contributed by atoms with van der Waals surface area (Å²) in [6.07, 6.45) is 3.98. The third-order valence-electron chi connectivity index (χ3n) is 5.79. The molecule has 0 bridgehead atoms. The van der Waals surface area contributed by atoms with Crippen LogP contribution in [0.2, 0.25) is 0 Å².